The Hall–Kier alpha value is -3.33. The van der Waals surface area contributed by atoms with Gasteiger partial charge in [-0.05, 0) is 35.4 Å². The summed E-state index contributed by atoms with van der Waals surface area (Å²) >= 11 is 0. The minimum atomic E-state index is -1.42. The first-order chi connectivity index (χ1) is 14.9. The Morgan fingerprint density at radius 1 is 1.10 bits per heavy atom. The van der Waals surface area contributed by atoms with Crippen molar-refractivity contribution in [3.8, 4) is 5.75 Å². The van der Waals surface area contributed by atoms with Crippen molar-refractivity contribution in [2.75, 3.05) is 25.1 Å². The van der Waals surface area contributed by atoms with Gasteiger partial charge in [0.2, 0.25) is 5.91 Å². The van der Waals surface area contributed by atoms with E-state index >= 15 is 0 Å². The average molecular weight is 431 g/mol. The SMILES string of the molecule is O=C(Cc1ccc(OCC2(F)COC2)cc1)Nc1ccn(Cc2ccc(F)c(F)c2)n1. The standard InChI is InChI=1S/C22H20F3N3O3/c23-18-6-3-16(9-19(18)24)11-28-8-7-20(27-28)26-21(29)10-15-1-4-17(5-2-15)31-14-22(25)12-30-13-22/h1-9H,10-14H2,(H,26,27,29). The van der Waals surface area contributed by atoms with Crippen molar-refractivity contribution in [3.63, 3.8) is 0 Å². The molecule has 0 aliphatic carbocycles. The van der Waals surface area contributed by atoms with Gasteiger partial charge in [-0.25, -0.2) is 13.2 Å². The van der Waals surface area contributed by atoms with E-state index in [0.29, 0.717) is 17.1 Å². The molecule has 1 fully saturated rings. The number of rotatable bonds is 8. The highest BCUT2D eigenvalue weighted by atomic mass is 19.2. The van der Waals surface area contributed by atoms with Gasteiger partial charge in [0, 0.05) is 12.3 Å². The number of amides is 1. The van der Waals surface area contributed by atoms with Gasteiger partial charge in [-0.3, -0.25) is 9.48 Å². The van der Waals surface area contributed by atoms with Crippen LogP contribution in [-0.2, 0) is 22.5 Å². The molecule has 162 valence electrons. The highest BCUT2D eigenvalue weighted by Gasteiger charge is 2.39. The zero-order valence-corrected chi connectivity index (χ0v) is 16.5. The molecule has 0 saturated carbocycles. The van der Waals surface area contributed by atoms with Crippen molar-refractivity contribution in [1.29, 1.82) is 0 Å². The summed E-state index contributed by atoms with van der Waals surface area (Å²) in [5, 5.41) is 6.91. The number of nitrogens with one attached hydrogen (secondary N) is 1. The van der Waals surface area contributed by atoms with E-state index in [2.05, 4.69) is 10.4 Å². The van der Waals surface area contributed by atoms with Crippen LogP contribution >= 0.6 is 0 Å². The number of hydrogen-bond donors (Lipinski definition) is 1. The summed E-state index contributed by atoms with van der Waals surface area (Å²) in [6, 6.07) is 12.1. The van der Waals surface area contributed by atoms with Gasteiger partial charge in [0.05, 0.1) is 26.2 Å². The molecule has 0 unspecified atom stereocenters. The summed E-state index contributed by atoms with van der Waals surface area (Å²) in [4.78, 5) is 12.3. The lowest BCUT2D eigenvalue weighted by atomic mass is 10.1. The van der Waals surface area contributed by atoms with E-state index < -0.39 is 17.3 Å². The fourth-order valence-corrected chi connectivity index (χ4v) is 3.04. The Kier molecular flexibility index (Phi) is 5.94. The largest absolute Gasteiger partial charge is 0.490 e. The van der Waals surface area contributed by atoms with Crippen LogP contribution in [0.25, 0.3) is 0 Å². The van der Waals surface area contributed by atoms with E-state index in [1.807, 2.05) is 0 Å². The third-order valence-electron chi connectivity index (χ3n) is 4.74. The van der Waals surface area contributed by atoms with Crippen LogP contribution in [0, 0.1) is 11.6 Å². The zero-order valence-electron chi connectivity index (χ0n) is 16.5. The molecule has 9 heteroatoms. The molecule has 3 aromatic rings. The van der Waals surface area contributed by atoms with Crippen LogP contribution in [0.2, 0.25) is 0 Å². The Balaban J connectivity index is 1.27. The van der Waals surface area contributed by atoms with Gasteiger partial charge in [0.15, 0.2) is 23.1 Å². The van der Waals surface area contributed by atoms with Gasteiger partial charge in [0.1, 0.15) is 12.4 Å². The minimum Gasteiger partial charge on any atom is -0.490 e. The van der Waals surface area contributed by atoms with Gasteiger partial charge in [0.25, 0.3) is 0 Å². The summed E-state index contributed by atoms with van der Waals surface area (Å²) in [5.74, 6) is -1.22. The maximum Gasteiger partial charge on any atom is 0.229 e. The number of halogens is 3. The summed E-state index contributed by atoms with van der Waals surface area (Å²) in [6.07, 6.45) is 1.75. The third kappa shape index (κ3) is 5.43. The summed E-state index contributed by atoms with van der Waals surface area (Å²) in [5.41, 5.74) is -0.119. The molecule has 2 heterocycles. The first-order valence-corrected chi connectivity index (χ1v) is 9.64. The van der Waals surface area contributed by atoms with Crippen molar-refractivity contribution >= 4 is 11.7 Å². The molecule has 31 heavy (non-hydrogen) atoms. The van der Waals surface area contributed by atoms with Crippen LogP contribution in [-0.4, -0.2) is 41.2 Å². The van der Waals surface area contributed by atoms with Crippen LogP contribution in [0.1, 0.15) is 11.1 Å². The molecule has 0 bridgehead atoms. The molecular weight excluding hydrogens is 411 g/mol. The van der Waals surface area contributed by atoms with Crippen molar-refractivity contribution in [1.82, 2.24) is 9.78 Å². The molecule has 2 aromatic carbocycles. The second kappa shape index (κ2) is 8.81. The number of anilines is 1. The van der Waals surface area contributed by atoms with Crippen molar-refractivity contribution in [2.24, 2.45) is 0 Å². The van der Waals surface area contributed by atoms with E-state index in [1.165, 1.54) is 10.7 Å². The van der Waals surface area contributed by atoms with Crippen LogP contribution < -0.4 is 10.1 Å². The molecule has 1 N–H and O–H groups in total. The lowest BCUT2D eigenvalue weighted by molar-refractivity contribution is -0.146. The molecule has 1 aliphatic heterocycles. The number of ether oxygens (including phenoxy) is 2. The molecule has 1 amide bonds. The molecule has 0 spiro atoms. The molecule has 6 nitrogen and oxygen atoms in total. The monoisotopic (exact) mass is 431 g/mol. The van der Waals surface area contributed by atoms with Gasteiger partial charge in [-0.1, -0.05) is 18.2 Å². The fraction of sp³-hybridized carbons (Fsp3) is 0.273. The zero-order chi connectivity index (χ0) is 21.8. The van der Waals surface area contributed by atoms with Gasteiger partial charge in [-0.15, -0.1) is 0 Å². The number of carbonyl (C=O) groups excluding carboxylic acids is 1. The van der Waals surface area contributed by atoms with Crippen LogP contribution in [0.3, 0.4) is 0 Å². The van der Waals surface area contributed by atoms with Crippen molar-refractivity contribution in [3.05, 3.63) is 77.5 Å². The predicted octanol–water partition coefficient (Wildman–Crippen LogP) is 3.51. The average Bonchev–Trinajstić information content (AvgIpc) is 3.15. The first-order valence-electron chi connectivity index (χ1n) is 9.64. The van der Waals surface area contributed by atoms with E-state index in [4.69, 9.17) is 9.47 Å². The normalized spacial score (nSPS) is 14.7. The Labute approximate surface area is 176 Å². The first kappa shape index (κ1) is 20.9. The summed E-state index contributed by atoms with van der Waals surface area (Å²) in [7, 11) is 0. The lowest BCUT2D eigenvalue weighted by Gasteiger charge is -2.33. The minimum absolute atomic E-state index is 0.0435. The molecule has 1 aliphatic rings. The Bertz CT molecular complexity index is 1070. The smallest absolute Gasteiger partial charge is 0.229 e. The number of nitrogens with zero attached hydrogens (tertiary/aromatic N) is 2. The topological polar surface area (TPSA) is 65.4 Å². The number of carbonyl (C=O) groups is 1. The van der Waals surface area contributed by atoms with E-state index in [-0.39, 0.29) is 38.7 Å². The highest BCUT2D eigenvalue weighted by molar-refractivity contribution is 5.91. The molecule has 1 aromatic heterocycles. The van der Waals surface area contributed by atoms with E-state index in [9.17, 15) is 18.0 Å². The fourth-order valence-electron chi connectivity index (χ4n) is 3.04. The van der Waals surface area contributed by atoms with Gasteiger partial charge < -0.3 is 14.8 Å². The maximum absolute atomic E-state index is 13.9. The third-order valence-corrected chi connectivity index (χ3v) is 4.74. The van der Waals surface area contributed by atoms with Gasteiger partial charge in [-0.2, -0.15) is 5.10 Å². The van der Waals surface area contributed by atoms with E-state index in [1.54, 1.807) is 36.5 Å². The molecule has 0 radical (unpaired) electrons. The molecular formula is C22H20F3N3O3. The molecule has 1 saturated heterocycles. The summed E-state index contributed by atoms with van der Waals surface area (Å²) in [6.45, 7) is 0.254. The van der Waals surface area contributed by atoms with Crippen LogP contribution in [0.4, 0.5) is 19.0 Å². The second-order valence-electron chi connectivity index (χ2n) is 7.45. The van der Waals surface area contributed by atoms with Crippen molar-refractivity contribution in [2.45, 2.75) is 18.6 Å². The number of alkyl halides is 1. The lowest BCUT2D eigenvalue weighted by Crippen LogP contribution is -2.50. The number of aromatic nitrogens is 2. The van der Waals surface area contributed by atoms with E-state index in [0.717, 1.165) is 17.7 Å². The predicted molar refractivity (Wildman–Crippen MR) is 107 cm³/mol. The highest BCUT2D eigenvalue weighted by Crippen LogP contribution is 2.23. The quantitative estimate of drug-likeness (QED) is 0.593. The number of benzene rings is 2. The summed E-state index contributed by atoms with van der Waals surface area (Å²) < 4.78 is 52.0. The Morgan fingerprint density at radius 2 is 1.84 bits per heavy atom. The van der Waals surface area contributed by atoms with Gasteiger partial charge >= 0.3 is 0 Å². The van der Waals surface area contributed by atoms with Crippen LogP contribution in [0.5, 0.6) is 5.75 Å². The maximum atomic E-state index is 13.9. The Morgan fingerprint density at radius 3 is 2.52 bits per heavy atom. The molecule has 0 atom stereocenters. The van der Waals surface area contributed by atoms with Crippen molar-refractivity contribution < 1.29 is 27.4 Å². The van der Waals surface area contributed by atoms with Crippen LogP contribution in [0.15, 0.2) is 54.7 Å². The second-order valence-corrected chi connectivity index (χ2v) is 7.45. The molecule has 4 rings (SSSR count). The number of hydrogen-bond acceptors (Lipinski definition) is 4.